The highest BCUT2D eigenvalue weighted by atomic mass is 16.5. The average molecular weight is 255 g/mol. The van der Waals surface area contributed by atoms with E-state index < -0.39 is 5.60 Å². The van der Waals surface area contributed by atoms with Crippen LogP contribution in [0.5, 0.6) is 0 Å². The summed E-state index contributed by atoms with van der Waals surface area (Å²) in [5.41, 5.74) is -0.480. The topological polar surface area (TPSA) is 41.5 Å². The van der Waals surface area contributed by atoms with Crippen LogP contribution in [0.1, 0.15) is 58.8 Å². The Bertz CT molecular complexity index is 259. The molecule has 1 saturated carbocycles. The maximum Gasteiger partial charge on any atom is 0.0773 e. The Kier molecular flexibility index (Phi) is 4.68. The van der Waals surface area contributed by atoms with E-state index in [4.69, 9.17) is 4.74 Å². The van der Waals surface area contributed by atoms with E-state index in [1.54, 1.807) is 0 Å². The minimum Gasteiger partial charge on any atom is -0.389 e. The molecule has 2 atom stereocenters. The smallest absolute Gasteiger partial charge is 0.0773 e. The molecule has 0 aromatic rings. The van der Waals surface area contributed by atoms with Gasteiger partial charge in [-0.1, -0.05) is 19.8 Å². The molecule has 2 fully saturated rings. The predicted molar refractivity (Wildman–Crippen MR) is 73.7 cm³/mol. The second-order valence-electron chi connectivity index (χ2n) is 6.46. The lowest BCUT2D eigenvalue weighted by Crippen LogP contribution is -2.50. The second-order valence-corrected chi connectivity index (χ2v) is 6.46. The number of ether oxygens (including phenoxy) is 1. The van der Waals surface area contributed by atoms with Crippen LogP contribution < -0.4 is 5.32 Å². The summed E-state index contributed by atoms with van der Waals surface area (Å²) >= 11 is 0. The molecule has 2 rings (SSSR count). The van der Waals surface area contributed by atoms with E-state index in [2.05, 4.69) is 12.2 Å². The molecule has 0 radical (unpaired) electrons. The van der Waals surface area contributed by atoms with E-state index in [1.165, 1.54) is 25.7 Å². The fraction of sp³-hybridized carbons (Fsp3) is 1.00. The predicted octanol–water partition coefficient (Wildman–Crippen LogP) is 2.48. The van der Waals surface area contributed by atoms with Crippen LogP contribution >= 0.6 is 0 Å². The molecule has 3 heteroatoms. The van der Waals surface area contributed by atoms with Crippen LogP contribution in [0, 0.1) is 5.92 Å². The molecule has 1 spiro atoms. The van der Waals surface area contributed by atoms with E-state index in [-0.39, 0.29) is 5.60 Å². The fourth-order valence-electron chi connectivity index (χ4n) is 3.59. The van der Waals surface area contributed by atoms with Crippen molar-refractivity contribution in [1.29, 1.82) is 0 Å². The Balaban J connectivity index is 1.90. The highest BCUT2D eigenvalue weighted by molar-refractivity contribution is 4.96. The Morgan fingerprint density at radius 2 is 2.11 bits per heavy atom. The van der Waals surface area contributed by atoms with Gasteiger partial charge in [-0.2, -0.15) is 0 Å². The minimum atomic E-state index is -0.589. The molecule has 2 aliphatic rings. The first kappa shape index (κ1) is 14.3. The van der Waals surface area contributed by atoms with Crippen molar-refractivity contribution in [3.8, 4) is 0 Å². The van der Waals surface area contributed by atoms with Gasteiger partial charge in [0, 0.05) is 13.2 Å². The third kappa shape index (κ3) is 3.25. The molecule has 0 aromatic carbocycles. The zero-order valence-electron chi connectivity index (χ0n) is 12.0. The monoisotopic (exact) mass is 255 g/mol. The van der Waals surface area contributed by atoms with Crippen LogP contribution in [0.3, 0.4) is 0 Å². The van der Waals surface area contributed by atoms with E-state index in [0.29, 0.717) is 12.5 Å². The molecule has 2 unspecified atom stereocenters. The summed E-state index contributed by atoms with van der Waals surface area (Å²) in [7, 11) is 0. The Labute approximate surface area is 111 Å². The number of aliphatic hydroxyl groups is 1. The van der Waals surface area contributed by atoms with Crippen molar-refractivity contribution in [2.75, 3.05) is 19.7 Å². The maximum atomic E-state index is 10.7. The summed E-state index contributed by atoms with van der Waals surface area (Å²) < 4.78 is 6.05. The molecular formula is C15H29NO2. The van der Waals surface area contributed by atoms with Crippen LogP contribution in [0.2, 0.25) is 0 Å². The van der Waals surface area contributed by atoms with Gasteiger partial charge in [-0.05, 0) is 51.5 Å². The first-order valence-corrected chi connectivity index (χ1v) is 7.65. The first-order valence-electron chi connectivity index (χ1n) is 7.65. The zero-order chi connectivity index (χ0) is 13.1. The first-order chi connectivity index (χ1) is 8.58. The van der Waals surface area contributed by atoms with E-state index in [1.807, 2.05) is 6.92 Å². The lowest BCUT2D eigenvalue weighted by atomic mass is 9.75. The molecule has 106 valence electrons. The normalized spacial score (nSPS) is 30.5. The number of hydrogen-bond acceptors (Lipinski definition) is 3. The number of hydrogen-bond donors (Lipinski definition) is 2. The maximum absolute atomic E-state index is 10.7. The summed E-state index contributed by atoms with van der Waals surface area (Å²) in [4.78, 5) is 0. The molecule has 2 N–H and O–H groups in total. The van der Waals surface area contributed by atoms with E-state index in [9.17, 15) is 5.11 Å². The summed E-state index contributed by atoms with van der Waals surface area (Å²) in [6, 6.07) is 0. The van der Waals surface area contributed by atoms with Gasteiger partial charge < -0.3 is 15.2 Å². The Morgan fingerprint density at radius 3 is 2.78 bits per heavy atom. The SMILES string of the molecule is CCCNCC(C)(O)C1CCOC2(CCCC2)C1. The van der Waals surface area contributed by atoms with Crippen molar-refractivity contribution in [3.05, 3.63) is 0 Å². The van der Waals surface area contributed by atoms with Crippen molar-refractivity contribution >= 4 is 0 Å². The zero-order valence-corrected chi connectivity index (χ0v) is 12.0. The van der Waals surface area contributed by atoms with Crippen LogP contribution in [-0.4, -0.2) is 36.0 Å². The standard InChI is InChI=1S/C15H29NO2/c1-3-9-16-12-14(2,17)13-6-10-18-15(11-13)7-4-5-8-15/h13,16-17H,3-12H2,1-2H3. The van der Waals surface area contributed by atoms with Crippen molar-refractivity contribution in [2.45, 2.75) is 70.0 Å². The van der Waals surface area contributed by atoms with E-state index >= 15 is 0 Å². The molecule has 0 bridgehead atoms. The highest BCUT2D eigenvalue weighted by Gasteiger charge is 2.45. The van der Waals surface area contributed by atoms with Gasteiger partial charge in [-0.3, -0.25) is 0 Å². The third-order valence-corrected chi connectivity index (χ3v) is 4.80. The number of nitrogens with one attached hydrogen (secondary N) is 1. The Hall–Kier alpha value is -0.120. The summed E-state index contributed by atoms with van der Waals surface area (Å²) in [5.74, 6) is 0.383. The molecule has 0 aromatic heterocycles. The molecule has 0 amide bonds. The Morgan fingerprint density at radius 1 is 1.39 bits per heavy atom. The molecule has 1 heterocycles. The lowest BCUT2D eigenvalue weighted by molar-refractivity contribution is -0.134. The quantitative estimate of drug-likeness (QED) is 0.742. The fourth-order valence-corrected chi connectivity index (χ4v) is 3.59. The second kappa shape index (κ2) is 5.89. The molecule has 1 saturated heterocycles. The van der Waals surface area contributed by atoms with Crippen molar-refractivity contribution < 1.29 is 9.84 Å². The molecule has 1 aliphatic carbocycles. The van der Waals surface area contributed by atoms with Gasteiger partial charge in [0.2, 0.25) is 0 Å². The summed E-state index contributed by atoms with van der Waals surface area (Å²) in [6.45, 7) is 6.68. The third-order valence-electron chi connectivity index (χ3n) is 4.80. The van der Waals surface area contributed by atoms with Gasteiger partial charge in [0.1, 0.15) is 0 Å². The van der Waals surface area contributed by atoms with Crippen LogP contribution in [-0.2, 0) is 4.74 Å². The van der Waals surface area contributed by atoms with Crippen LogP contribution in [0.25, 0.3) is 0 Å². The van der Waals surface area contributed by atoms with Gasteiger partial charge in [-0.25, -0.2) is 0 Å². The molecule has 18 heavy (non-hydrogen) atoms. The number of rotatable bonds is 5. The van der Waals surface area contributed by atoms with Crippen LogP contribution in [0.15, 0.2) is 0 Å². The van der Waals surface area contributed by atoms with Gasteiger partial charge >= 0.3 is 0 Å². The highest BCUT2D eigenvalue weighted by Crippen LogP contribution is 2.44. The largest absolute Gasteiger partial charge is 0.389 e. The van der Waals surface area contributed by atoms with Crippen molar-refractivity contribution in [2.24, 2.45) is 5.92 Å². The van der Waals surface area contributed by atoms with Gasteiger partial charge in [0.15, 0.2) is 0 Å². The van der Waals surface area contributed by atoms with E-state index in [0.717, 1.165) is 32.4 Å². The van der Waals surface area contributed by atoms with Gasteiger partial charge in [-0.15, -0.1) is 0 Å². The van der Waals surface area contributed by atoms with Crippen molar-refractivity contribution in [1.82, 2.24) is 5.32 Å². The van der Waals surface area contributed by atoms with Crippen molar-refractivity contribution in [3.63, 3.8) is 0 Å². The molecule has 3 nitrogen and oxygen atoms in total. The lowest BCUT2D eigenvalue weighted by Gasteiger charge is -2.44. The van der Waals surface area contributed by atoms with Crippen LogP contribution in [0.4, 0.5) is 0 Å². The molecular weight excluding hydrogens is 226 g/mol. The van der Waals surface area contributed by atoms with Gasteiger partial charge in [0.25, 0.3) is 0 Å². The minimum absolute atomic E-state index is 0.109. The summed E-state index contributed by atoms with van der Waals surface area (Å²) in [5, 5.41) is 14.1. The summed E-state index contributed by atoms with van der Waals surface area (Å²) in [6.07, 6.45) is 8.15. The molecule has 1 aliphatic heterocycles. The average Bonchev–Trinajstić information content (AvgIpc) is 2.77. The van der Waals surface area contributed by atoms with Gasteiger partial charge in [0.05, 0.1) is 11.2 Å².